The average molecular weight is 313 g/mol. The lowest BCUT2D eigenvalue weighted by atomic mass is 10.1. The highest BCUT2D eigenvalue weighted by molar-refractivity contribution is 7.80. The number of hydrogen-bond donors (Lipinski definition) is 2. The number of nitrogens with zero attached hydrogens (tertiary/aromatic N) is 1. The number of nitrogens with two attached hydrogens (primary N) is 1. The maximum atomic E-state index is 12.5. The lowest BCUT2D eigenvalue weighted by molar-refractivity contribution is -0.119. The normalized spacial score (nSPS) is 11.4. The number of halogens is 4. The molecule has 3 N–H and O–H groups in total. The van der Waals surface area contributed by atoms with Gasteiger partial charge >= 0.3 is 6.18 Å². The smallest absolute Gasteiger partial charge is 0.395 e. The summed E-state index contributed by atoms with van der Waals surface area (Å²) >= 11 is 10.6. The topological polar surface area (TPSA) is 49.5 Å². The number of alkyl halides is 3. The molecule has 1 rings (SSSR count). The van der Waals surface area contributed by atoms with Crippen molar-refractivity contribution in [1.82, 2.24) is 0 Å². The molecule has 106 valence electrons. The zero-order valence-corrected chi connectivity index (χ0v) is 11.3. The van der Waals surface area contributed by atoms with E-state index in [1.807, 2.05) is 0 Å². The Labute approximate surface area is 118 Å². The van der Waals surface area contributed by atoms with Crippen LogP contribution in [0.4, 0.5) is 18.9 Å². The Morgan fingerprint density at radius 1 is 1.42 bits per heavy atom. The fourth-order valence-electron chi connectivity index (χ4n) is 1.60. The van der Waals surface area contributed by atoms with Gasteiger partial charge in [0, 0.05) is 22.8 Å². The van der Waals surface area contributed by atoms with Crippen molar-refractivity contribution in [2.45, 2.75) is 6.18 Å². The molecule has 3 nitrogen and oxygen atoms in total. The second kappa shape index (κ2) is 6.40. The minimum Gasteiger partial charge on any atom is -0.395 e. The SMILES string of the molecule is NC(=S)c1ccc(Cl)cc1N(CCO)CC(F)(F)F. The summed E-state index contributed by atoms with van der Waals surface area (Å²) in [6, 6.07) is 4.29. The van der Waals surface area contributed by atoms with E-state index in [2.05, 4.69) is 0 Å². The van der Waals surface area contributed by atoms with Gasteiger partial charge in [-0.15, -0.1) is 0 Å². The molecular formula is C11H12ClF3N2OS. The first-order chi connectivity index (χ1) is 8.74. The third-order valence-corrected chi connectivity index (χ3v) is 2.76. The monoisotopic (exact) mass is 312 g/mol. The van der Waals surface area contributed by atoms with Gasteiger partial charge in [0.15, 0.2) is 0 Å². The van der Waals surface area contributed by atoms with Crippen molar-refractivity contribution in [2.75, 3.05) is 24.6 Å². The molecule has 0 atom stereocenters. The fourth-order valence-corrected chi connectivity index (χ4v) is 1.94. The zero-order valence-electron chi connectivity index (χ0n) is 9.75. The summed E-state index contributed by atoms with van der Waals surface area (Å²) in [6.07, 6.45) is -4.41. The van der Waals surface area contributed by atoms with Crippen LogP contribution < -0.4 is 10.6 Å². The van der Waals surface area contributed by atoms with E-state index in [1.54, 1.807) is 0 Å². The molecule has 0 spiro atoms. The van der Waals surface area contributed by atoms with Crippen molar-refractivity contribution in [3.8, 4) is 0 Å². The summed E-state index contributed by atoms with van der Waals surface area (Å²) < 4.78 is 37.6. The summed E-state index contributed by atoms with van der Waals surface area (Å²) in [5, 5.41) is 9.15. The minimum absolute atomic E-state index is 0.0308. The molecule has 0 radical (unpaired) electrons. The quantitative estimate of drug-likeness (QED) is 0.819. The van der Waals surface area contributed by atoms with Crippen LogP contribution in [-0.4, -0.2) is 36.0 Å². The van der Waals surface area contributed by atoms with Gasteiger partial charge in [0.1, 0.15) is 11.5 Å². The lowest BCUT2D eigenvalue weighted by Crippen LogP contribution is -2.37. The van der Waals surface area contributed by atoms with Crippen LogP contribution in [0.2, 0.25) is 5.02 Å². The second-order valence-corrected chi connectivity index (χ2v) is 4.66. The maximum Gasteiger partial charge on any atom is 0.405 e. The van der Waals surface area contributed by atoms with Gasteiger partial charge in [0.25, 0.3) is 0 Å². The highest BCUT2D eigenvalue weighted by Gasteiger charge is 2.31. The van der Waals surface area contributed by atoms with Crippen LogP contribution in [0.15, 0.2) is 18.2 Å². The third kappa shape index (κ3) is 4.85. The van der Waals surface area contributed by atoms with Gasteiger partial charge in [0.2, 0.25) is 0 Å². The zero-order chi connectivity index (χ0) is 14.6. The van der Waals surface area contributed by atoms with Crippen LogP contribution in [0.3, 0.4) is 0 Å². The van der Waals surface area contributed by atoms with Crippen molar-refractivity contribution in [2.24, 2.45) is 5.73 Å². The molecule has 0 aliphatic heterocycles. The molecule has 0 fully saturated rings. The van der Waals surface area contributed by atoms with E-state index in [1.165, 1.54) is 18.2 Å². The van der Waals surface area contributed by atoms with Crippen LogP contribution in [0.1, 0.15) is 5.56 Å². The summed E-state index contributed by atoms with van der Waals surface area (Å²) in [4.78, 5) is 0.914. The molecule has 0 amide bonds. The van der Waals surface area contributed by atoms with E-state index in [-0.39, 0.29) is 27.8 Å². The Morgan fingerprint density at radius 2 is 2.05 bits per heavy atom. The molecule has 19 heavy (non-hydrogen) atoms. The lowest BCUT2D eigenvalue weighted by Gasteiger charge is -2.27. The summed E-state index contributed by atoms with van der Waals surface area (Å²) in [5.74, 6) is 0. The van der Waals surface area contributed by atoms with Crippen LogP contribution >= 0.6 is 23.8 Å². The van der Waals surface area contributed by atoms with Gasteiger partial charge < -0.3 is 15.7 Å². The van der Waals surface area contributed by atoms with Crippen molar-refractivity contribution < 1.29 is 18.3 Å². The van der Waals surface area contributed by atoms with Gasteiger partial charge in [0.05, 0.1) is 6.61 Å². The molecule has 0 heterocycles. The highest BCUT2D eigenvalue weighted by atomic mass is 35.5. The number of benzene rings is 1. The van der Waals surface area contributed by atoms with E-state index in [9.17, 15) is 13.2 Å². The van der Waals surface area contributed by atoms with Gasteiger partial charge in [-0.3, -0.25) is 0 Å². The number of hydrogen-bond acceptors (Lipinski definition) is 3. The molecule has 1 aromatic carbocycles. The average Bonchev–Trinajstić information content (AvgIpc) is 2.26. The predicted molar refractivity (Wildman–Crippen MR) is 72.7 cm³/mol. The molecule has 0 bridgehead atoms. The van der Waals surface area contributed by atoms with Crippen molar-refractivity contribution in [1.29, 1.82) is 0 Å². The van der Waals surface area contributed by atoms with Crippen molar-refractivity contribution >= 4 is 34.5 Å². The van der Waals surface area contributed by atoms with E-state index in [0.717, 1.165) is 4.90 Å². The summed E-state index contributed by atoms with van der Waals surface area (Å²) in [7, 11) is 0. The van der Waals surface area contributed by atoms with Crippen molar-refractivity contribution in [3.05, 3.63) is 28.8 Å². The Balaban J connectivity index is 3.20. The Morgan fingerprint density at radius 3 is 2.53 bits per heavy atom. The molecule has 0 aromatic heterocycles. The Kier molecular flexibility index (Phi) is 5.39. The van der Waals surface area contributed by atoms with E-state index in [0.29, 0.717) is 0 Å². The third-order valence-electron chi connectivity index (χ3n) is 2.31. The van der Waals surface area contributed by atoms with Crippen LogP contribution in [-0.2, 0) is 0 Å². The maximum absolute atomic E-state index is 12.5. The molecule has 0 aliphatic rings. The van der Waals surface area contributed by atoms with Gasteiger partial charge in [-0.05, 0) is 18.2 Å². The summed E-state index contributed by atoms with van der Waals surface area (Å²) in [6.45, 7) is -1.85. The van der Waals surface area contributed by atoms with E-state index < -0.39 is 19.3 Å². The Hall–Kier alpha value is -1.05. The molecule has 0 saturated heterocycles. The van der Waals surface area contributed by atoms with E-state index in [4.69, 9.17) is 34.7 Å². The largest absolute Gasteiger partial charge is 0.405 e. The fraction of sp³-hybridized carbons (Fsp3) is 0.364. The Bertz CT molecular complexity index is 468. The number of thiocarbonyl (C=S) groups is 1. The number of anilines is 1. The minimum atomic E-state index is -4.41. The molecule has 8 heteroatoms. The van der Waals surface area contributed by atoms with E-state index >= 15 is 0 Å². The highest BCUT2D eigenvalue weighted by Crippen LogP contribution is 2.28. The summed E-state index contributed by atoms with van der Waals surface area (Å²) in [5.41, 5.74) is 5.93. The predicted octanol–water partition coefficient (Wildman–Crippen LogP) is 2.34. The molecule has 0 aliphatic carbocycles. The van der Waals surface area contributed by atoms with Crippen LogP contribution in [0, 0.1) is 0 Å². The van der Waals surface area contributed by atoms with Gasteiger partial charge in [-0.25, -0.2) is 0 Å². The molecule has 0 saturated carbocycles. The molecule has 0 unspecified atom stereocenters. The number of aliphatic hydroxyl groups excluding tert-OH is 1. The number of rotatable bonds is 5. The van der Waals surface area contributed by atoms with Crippen LogP contribution in [0.25, 0.3) is 0 Å². The second-order valence-electron chi connectivity index (χ2n) is 3.79. The molecule has 1 aromatic rings. The van der Waals surface area contributed by atoms with Gasteiger partial charge in [-0.2, -0.15) is 13.2 Å². The molecular weight excluding hydrogens is 301 g/mol. The first-order valence-corrected chi connectivity index (χ1v) is 6.05. The number of aliphatic hydroxyl groups is 1. The van der Waals surface area contributed by atoms with Gasteiger partial charge in [-0.1, -0.05) is 23.8 Å². The van der Waals surface area contributed by atoms with Crippen LogP contribution in [0.5, 0.6) is 0 Å². The first kappa shape index (κ1) is 16.0. The standard InChI is InChI=1S/C11H12ClF3N2OS/c12-7-1-2-8(10(16)19)9(5-7)17(3-4-18)6-11(13,14)15/h1-2,5,18H,3-4,6H2,(H2,16,19). The first-order valence-electron chi connectivity index (χ1n) is 5.26. The van der Waals surface area contributed by atoms with Crippen molar-refractivity contribution in [3.63, 3.8) is 0 Å².